The maximum absolute atomic E-state index is 13.1. The summed E-state index contributed by atoms with van der Waals surface area (Å²) in [6.07, 6.45) is 0. The van der Waals surface area contributed by atoms with Gasteiger partial charge in [-0.15, -0.1) is 0 Å². The summed E-state index contributed by atoms with van der Waals surface area (Å²) >= 11 is 0. The predicted octanol–water partition coefficient (Wildman–Crippen LogP) is 2.13. The van der Waals surface area contributed by atoms with E-state index in [-0.39, 0.29) is 17.1 Å². The van der Waals surface area contributed by atoms with E-state index < -0.39 is 6.04 Å². The van der Waals surface area contributed by atoms with Crippen molar-refractivity contribution in [2.45, 2.75) is 19.9 Å². The van der Waals surface area contributed by atoms with E-state index in [1.807, 2.05) is 33.1 Å². The van der Waals surface area contributed by atoms with Crippen LogP contribution in [0.15, 0.2) is 24.3 Å². The molecule has 0 aliphatic carbocycles. The van der Waals surface area contributed by atoms with Crippen molar-refractivity contribution in [3.63, 3.8) is 0 Å². The van der Waals surface area contributed by atoms with Crippen LogP contribution in [0.25, 0.3) is 0 Å². The molecule has 1 aromatic rings. The molecule has 1 aromatic carbocycles. The maximum atomic E-state index is 13.1. The van der Waals surface area contributed by atoms with Crippen LogP contribution < -0.4 is 5.32 Å². The second-order valence-electron chi connectivity index (χ2n) is 7.04. The molecule has 0 saturated heterocycles. The summed E-state index contributed by atoms with van der Waals surface area (Å²) in [5.41, 5.74) is 0.771. The topological polar surface area (TPSA) is 35.6 Å². The third kappa shape index (κ3) is 5.73. The van der Waals surface area contributed by atoms with Gasteiger partial charge in [0.05, 0.1) is 0 Å². The molecule has 1 N–H and O–H groups in total. The molecule has 1 unspecified atom stereocenters. The number of amides is 1. The fraction of sp³-hybridized carbons (Fsp3) is 0.588. The summed E-state index contributed by atoms with van der Waals surface area (Å²) in [6, 6.07) is 5.66. The van der Waals surface area contributed by atoms with Crippen LogP contribution in [0.4, 0.5) is 4.39 Å². The zero-order valence-electron chi connectivity index (χ0n) is 14.5. The van der Waals surface area contributed by atoms with Gasteiger partial charge >= 0.3 is 0 Å². The van der Waals surface area contributed by atoms with Gasteiger partial charge in [0.1, 0.15) is 11.9 Å². The first-order valence-corrected chi connectivity index (χ1v) is 7.47. The first-order valence-electron chi connectivity index (χ1n) is 7.47. The third-order valence-electron chi connectivity index (χ3n) is 3.44. The number of benzene rings is 1. The lowest BCUT2D eigenvalue weighted by molar-refractivity contribution is -0.126. The van der Waals surface area contributed by atoms with E-state index in [1.165, 1.54) is 12.1 Å². The van der Waals surface area contributed by atoms with Crippen LogP contribution in [0, 0.1) is 11.2 Å². The number of carbonyl (C=O) groups is 1. The Bertz CT molecular complexity index is 483. The van der Waals surface area contributed by atoms with Crippen molar-refractivity contribution in [3.8, 4) is 0 Å². The molecule has 124 valence electrons. The van der Waals surface area contributed by atoms with Gasteiger partial charge < -0.3 is 10.2 Å². The largest absolute Gasteiger partial charge is 0.354 e. The molecule has 5 heteroatoms. The van der Waals surface area contributed by atoms with E-state index in [4.69, 9.17) is 0 Å². The van der Waals surface area contributed by atoms with Gasteiger partial charge in [-0.2, -0.15) is 0 Å². The van der Waals surface area contributed by atoms with Gasteiger partial charge in [-0.1, -0.05) is 26.0 Å². The number of carbonyl (C=O) groups excluding carboxylic acids is 1. The normalized spacial score (nSPS) is 13.5. The van der Waals surface area contributed by atoms with Crippen molar-refractivity contribution in [2.24, 2.45) is 5.41 Å². The molecular weight excluding hydrogens is 281 g/mol. The van der Waals surface area contributed by atoms with E-state index in [0.717, 1.165) is 12.1 Å². The zero-order valence-corrected chi connectivity index (χ0v) is 14.5. The highest BCUT2D eigenvalue weighted by Gasteiger charge is 2.26. The van der Waals surface area contributed by atoms with Crippen LogP contribution in [0.2, 0.25) is 0 Å². The van der Waals surface area contributed by atoms with Gasteiger partial charge in [0.15, 0.2) is 0 Å². The molecule has 0 bridgehead atoms. The number of nitrogens with one attached hydrogen (secondary N) is 1. The van der Waals surface area contributed by atoms with Gasteiger partial charge in [-0.3, -0.25) is 9.69 Å². The summed E-state index contributed by atoms with van der Waals surface area (Å²) in [7, 11) is 7.73. The van der Waals surface area contributed by atoms with E-state index in [0.29, 0.717) is 6.54 Å². The Labute approximate surface area is 133 Å². The second-order valence-corrected chi connectivity index (χ2v) is 7.04. The Morgan fingerprint density at radius 3 is 2.18 bits per heavy atom. The predicted molar refractivity (Wildman–Crippen MR) is 88.2 cm³/mol. The lowest BCUT2D eigenvalue weighted by atomic mass is 9.92. The van der Waals surface area contributed by atoms with Crippen molar-refractivity contribution in [1.82, 2.24) is 15.1 Å². The number of rotatable bonds is 7. The van der Waals surface area contributed by atoms with Crippen molar-refractivity contribution in [2.75, 3.05) is 41.3 Å². The Kier molecular flexibility index (Phi) is 6.50. The van der Waals surface area contributed by atoms with Gasteiger partial charge in [0, 0.05) is 13.1 Å². The molecule has 0 aliphatic heterocycles. The summed E-state index contributed by atoms with van der Waals surface area (Å²) in [4.78, 5) is 16.5. The highest BCUT2D eigenvalue weighted by atomic mass is 19.1. The van der Waals surface area contributed by atoms with E-state index in [1.54, 1.807) is 12.1 Å². The third-order valence-corrected chi connectivity index (χ3v) is 3.44. The van der Waals surface area contributed by atoms with Crippen molar-refractivity contribution in [1.29, 1.82) is 0 Å². The number of likely N-dealkylation sites (N-methyl/N-ethyl adjacent to an activating group) is 1. The van der Waals surface area contributed by atoms with E-state index in [2.05, 4.69) is 24.1 Å². The molecule has 4 nitrogen and oxygen atoms in total. The molecular formula is C17H28FN3O. The molecule has 0 radical (unpaired) electrons. The Hall–Kier alpha value is -1.46. The molecule has 0 aromatic heterocycles. The molecule has 0 saturated carbocycles. The van der Waals surface area contributed by atoms with Crippen LogP contribution in [0.5, 0.6) is 0 Å². The van der Waals surface area contributed by atoms with Gasteiger partial charge in [-0.05, 0) is 51.3 Å². The van der Waals surface area contributed by atoms with Crippen LogP contribution in [-0.2, 0) is 4.79 Å². The quantitative estimate of drug-likeness (QED) is 0.838. The first kappa shape index (κ1) is 18.6. The molecule has 22 heavy (non-hydrogen) atoms. The standard InChI is InChI=1S/C17H28FN3O/c1-17(2,12-20(3)4)11-19-16(22)15(21(5)6)13-7-9-14(18)10-8-13/h7-10,15H,11-12H2,1-6H3,(H,19,22). The van der Waals surface area contributed by atoms with Crippen LogP contribution in [0.3, 0.4) is 0 Å². The number of hydrogen-bond acceptors (Lipinski definition) is 3. The van der Waals surface area contributed by atoms with Crippen LogP contribution >= 0.6 is 0 Å². The van der Waals surface area contributed by atoms with E-state index in [9.17, 15) is 9.18 Å². The van der Waals surface area contributed by atoms with Gasteiger partial charge in [0.25, 0.3) is 0 Å². The summed E-state index contributed by atoms with van der Waals surface area (Å²) in [6.45, 7) is 5.72. The molecule has 0 fully saturated rings. The minimum absolute atomic E-state index is 0.0151. The van der Waals surface area contributed by atoms with Crippen molar-refractivity contribution in [3.05, 3.63) is 35.6 Å². The average Bonchev–Trinajstić information content (AvgIpc) is 2.37. The molecule has 1 amide bonds. The van der Waals surface area contributed by atoms with E-state index >= 15 is 0 Å². The fourth-order valence-electron chi connectivity index (χ4n) is 2.66. The van der Waals surface area contributed by atoms with Crippen molar-refractivity contribution >= 4 is 5.91 Å². The summed E-state index contributed by atoms with van der Waals surface area (Å²) < 4.78 is 13.1. The Balaban J connectivity index is 2.76. The fourth-order valence-corrected chi connectivity index (χ4v) is 2.66. The Morgan fingerprint density at radius 1 is 1.18 bits per heavy atom. The van der Waals surface area contributed by atoms with Gasteiger partial charge in [-0.25, -0.2) is 4.39 Å². The molecule has 0 spiro atoms. The second kappa shape index (κ2) is 7.70. The number of halogens is 1. The highest BCUT2D eigenvalue weighted by Crippen LogP contribution is 2.20. The Morgan fingerprint density at radius 2 is 1.73 bits per heavy atom. The smallest absolute Gasteiger partial charge is 0.241 e. The lowest BCUT2D eigenvalue weighted by Crippen LogP contribution is -2.44. The van der Waals surface area contributed by atoms with Crippen LogP contribution in [0.1, 0.15) is 25.5 Å². The maximum Gasteiger partial charge on any atom is 0.241 e. The monoisotopic (exact) mass is 309 g/mol. The van der Waals surface area contributed by atoms with Crippen molar-refractivity contribution < 1.29 is 9.18 Å². The first-order chi connectivity index (χ1) is 10.1. The molecule has 1 atom stereocenters. The molecule has 1 rings (SSSR count). The zero-order chi connectivity index (χ0) is 16.9. The minimum Gasteiger partial charge on any atom is -0.354 e. The molecule has 0 heterocycles. The highest BCUT2D eigenvalue weighted by molar-refractivity contribution is 5.83. The minimum atomic E-state index is -0.421. The number of nitrogens with zero attached hydrogens (tertiary/aromatic N) is 2. The van der Waals surface area contributed by atoms with Gasteiger partial charge in [0.2, 0.25) is 5.91 Å². The number of hydrogen-bond donors (Lipinski definition) is 1. The SMILES string of the molecule is CN(C)CC(C)(C)CNC(=O)C(c1ccc(F)cc1)N(C)C. The summed E-state index contributed by atoms with van der Waals surface area (Å²) in [5, 5.41) is 3.02. The lowest BCUT2D eigenvalue weighted by Gasteiger charge is -2.30. The average molecular weight is 309 g/mol. The van der Waals surface area contributed by atoms with Crippen LogP contribution in [-0.4, -0.2) is 57.0 Å². The summed E-state index contributed by atoms with van der Waals surface area (Å²) in [5.74, 6) is -0.364. The molecule has 0 aliphatic rings.